The van der Waals surface area contributed by atoms with Crippen LogP contribution in [-0.2, 0) is 23.8 Å². The number of ether oxygens (including phenoxy) is 3. The minimum absolute atomic E-state index is 0.120. The number of aliphatic hydroxyl groups excluding tert-OH is 5. The molecule has 8 unspecified atom stereocenters. The van der Waals surface area contributed by atoms with Crippen LogP contribution in [0, 0.1) is 0 Å². The molecule has 75 heavy (non-hydrogen) atoms. The highest BCUT2D eigenvalue weighted by Gasteiger charge is 2.47. The van der Waals surface area contributed by atoms with Crippen LogP contribution >= 0.6 is 0 Å². The van der Waals surface area contributed by atoms with Crippen molar-refractivity contribution in [3.8, 4) is 0 Å². The van der Waals surface area contributed by atoms with Crippen LogP contribution in [0.3, 0.4) is 0 Å². The minimum Gasteiger partial charge on any atom is -0.454 e. The fraction of sp³-hybridized carbons (Fsp3) is 0.812. The quantitative estimate of drug-likeness (QED) is 0.0195. The Hall–Kier alpha value is -2.64. The van der Waals surface area contributed by atoms with Gasteiger partial charge in [0.1, 0.15) is 24.4 Å². The Morgan fingerprint density at radius 1 is 0.520 bits per heavy atom. The number of carbonyl (C=O) groups excluding carboxylic acids is 2. The van der Waals surface area contributed by atoms with Gasteiger partial charge in [-0.25, -0.2) is 0 Å². The second kappa shape index (κ2) is 52.1. The number of hydrogen-bond acceptors (Lipinski definition) is 10. The fourth-order valence-corrected chi connectivity index (χ4v) is 9.40. The molecule has 11 nitrogen and oxygen atoms in total. The third kappa shape index (κ3) is 40.2. The average Bonchev–Trinajstić information content (AvgIpc) is 3.41. The lowest BCUT2D eigenvalue weighted by Crippen LogP contribution is -2.61. The predicted molar refractivity (Wildman–Crippen MR) is 310 cm³/mol. The maximum absolute atomic E-state index is 13.3. The summed E-state index contributed by atoms with van der Waals surface area (Å²) in [5, 5.41) is 56.8. The van der Waals surface area contributed by atoms with Crippen LogP contribution in [0.4, 0.5) is 0 Å². The van der Waals surface area contributed by atoms with Crippen LogP contribution in [-0.4, -0.2) is 99.6 Å². The number of unbranched alkanes of at least 4 members (excludes halogenated alkanes) is 30. The third-order valence-electron chi connectivity index (χ3n) is 14.4. The molecule has 0 aromatic carbocycles. The lowest BCUT2D eigenvalue weighted by molar-refractivity contribution is -0.305. The topological polar surface area (TPSA) is 175 Å². The van der Waals surface area contributed by atoms with Crippen molar-refractivity contribution in [3.63, 3.8) is 0 Å². The molecular weight excluding hydrogens is 943 g/mol. The Morgan fingerprint density at radius 3 is 1.45 bits per heavy atom. The zero-order valence-corrected chi connectivity index (χ0v) is 48.2. The zero-order chi connectivity index (χ0) is 54.7. The lowest BCUT2D eigenvalue weighted by atomic mass is 9.99. The van der Waals surface area contributed by atoms with Gasteiger partial charge in [-0.2, -0.15) is 0 Å². The summed E-state index contributed by atoms with van der Waals surface area (Å²) in [6, 6.07) is -1.03. The SMILES string of the molecule is CCCC/C=C\CCCCCCC(O)C(=O)NC(COC1OC(CO)C(O)C(O)C1OC(=O)CCCCCCCCCCCCCC/C=C\C/C=C\C/C=C\CCCCC)C(O)/C=C/CCCCCCCCCCC. The van der Waals surface area contributed by atoms with E-state index in [1.807, 2.05) is 6.08 Å². The smallest absolute Gasteiger partial charge is 0.306 e. The van der Waals surface area contributed by atoms with E-state index in [4.69, 9.17) is 14.2 Å². The summed E-state index contributed by atoms with van der Waals surface area (Å²) in [7, 11) is 0. The summed E-state index contributed by atoms with van der Waals surface area (Å²) < 4.78 is 17.6. The number of carbonyl (C=O) groups is 2. The van der Waals surface area contributed by atoms with E-state index < -0.39 is 67.4 Å². The molecule has 0 radical (unpaired) electrons. The van der Waals surface area contributed by atoms with Gasteiger partial charge in [-0.3, -0.25) is 9.59 Å². The Labute approximate surface area is 458 Å². The molecule has 1 saturated heterocycles. The molecule has 1 amide bonds. The zero-order valence-electron chi connectivity index (χ0n) is 48.2. The van der Waals surface area contributed by atoms with Crippen LogP contribution in [0.5, 0.6) is 0 Å². The van der Waals surface area contributed by atoms with Crippen molar-refractivity contribution in [2.24, 2.45) is 0 Å². The first-order valence-electron chi connectivity index (χ1n) is 31.1. The van der Waals surface area contributed by atoms with Gasteiger partial charge in [0.05, 0.1) is 25.4 Å². The molecular formula is C64H115NO10. The molecule has 1 aliphatic heterocycles. The van der Waals surface area contributed by atoms with Crippen molar-refractivity contribution >= 4 is 11.9 Å². The third-order valence-corrected chi connectivity index (χ3v) is 14.4. The van der Waals surface area contributed by atoms with E-state index in [0.717, 1.165) is 83.5 Å². The Bertz CT molecular complexity index is 1450. The highest BCUT2D eigenvalue weighted by molar-refractivity contribution is 5.80. The number of nitrogens with one attached hydrogen (secondary N) is 1. The van der Waals surface area contributed by atoms with E-state index in [9.17, 15) is 35.1 Å². The average molecular weight is 1060 g/mol. The monoisotopic (exact) mass is 1060 g/mol. The largest absolute Gasteiger partial charge is 0.454 e. The second-order valence-corrected chi connectivity index (χ2v) is 21.4. The van der Waals surface area contributed by atoms with Gasteiger partial charge >= 0.3 is 5.97 Å². The molecule has 436 valence electrons. The molecule has 1 aliphatic rings. The first-order valence-corrected chi connectivity index (χ1v) is 31.1. The number of rotatable bonds is 52. The molecule has 11 heteroatoms. The van der Waals surface area contributed by atoms with E-state index in [1.165, 1.54) is 141 Å². The van der Waals surface area contributed by atoms with E-state index in [2.05, 4.69) is 74.7 Å². The first-order chi connectivity index (χ1) is 36.7. The van der Waals surface area contributed by atoms with Gasteiger partial charge < -0.3 is 45.1 Å². The summed E-state index contributed by atoms with van der Waals surface area (Å²) in [6.45, 7) is 5.70. The van der Waals surface area contributed by atoms with Crippen LogP contribution in [0.15, 0.2) is 60.8 Å². The lowest BCUT2D eigenvalue weighted by Gasteiger charge is -2.41. The van der Waals surface area contributed by atoms with Crippen molar-refractivity contribution in [1.29, 1.82) is 0 Å². The van der Waals surface area contributed by atoms with Crippen LogP contribution < -0.4 is 5.32 Å². The predicted octanol–water partition coefficient (Wildman–Crippen LogP) is 14.6. The summed E-state index contributed by atoms with van der Waals surface area (Å²) >= 11 is 0. The fourth-order valence-electron chi connectivity index (χ4n) is 9.40. The molecule has 1 heterocycles. The van der Waals surface area contributed by atoms with Gasteiger partial charge in [-0.05, 0) is 83.5 Å². The van der Waals surface area contributed by atoms with Gasteiger partial charge in [-0.15, -0.1) is 0 Å². The van der Waals surface area contributed by atoms with Crippen molar-refractivity contribution in [2.45, 2.75) is 320 Å². The normalized spacial score (nSPS) is 19.6. The van der Waals surface area contributed by atoms with Crippen molar-refractivity contribution < 1.29 is 49.3 Å². The van der Waals surface area contributed by atoms with Gasteiger partial charge in [0.25, 0.3) is 0 Å². The molecule has 0 aromatic heterocycles. The number of hydrogen-bond donors (Lipinski definition) is 6. The molecule has 0 spiro atoms. The maximum atomic E-state index is 13.3. The highest BCUT2D eigenvalue weighted by Crippen LogP contribution is 2.26. The number of aliphatic hydroxyl groups is 5. The summed E-state index contributed by atoms with van der Waals surface area (Å²) in [5.74, 6) is -1.21. The maximum Gasteiger partial charge on any atom is 0.306 e. The number of amides is 1. The van der Waals surface area contributed by atoms with E-state index in [-0.39, 0.29) is 19.4 Å². The molecule has 0 aliphatic carbocycles. The van der Waals surface area contributed by atoms with Crippen LogP contribution in [0.25, 0.3) is 0 Å². The highest BCUT2D eigenvalue weighted by atomic mass is 16.7. The van der Waals surface area contributed by atoms with Crippen molar-refractivity contribution in [3.05, 3.63) is 60.8 Å². The Kier molecular flexibility index (Phi) is 48.9. The van der Waals surface area contributed by atoms with Crippen LogP contribution in [0.2, 0.25) is 0 Å². The first kappa shape index (κ1) is 70.4. The van der Waals surface area contributed by atoms with E-state index in [0.29, 0.717) is 12.8 Å². The minimum atomic E-state index is -1.62. The van der Waals surface area contributed by atoms with Gasteiger partial charge in [0.2, 0.25) is 5.91 Å². The van der Waals surface area contributed by atoms with Gasteiger partial charge in [-0.1, -0.05) is 242 Å². The van der Waals surface area contributed by atoms with E-state index >= 15 is 0 Å². The summed E-state index contributed by atoms with van der Waals surface area (Å²) in [6.07, 6.45) is 54.2. The molecule has 6 N–H and O–H groups in total. The number of allylic oxidation sites excluding steroid dienone is 9. The van der Waals surface area contributed by atoms with E-state index in [1.54, 1.807) is 6.08 Å². The van der Waals surface area contributed by atoms with Crippen molar-refractivity contribution in [2.75, 3.05) is 13.2 Å². The van der Waals surface area contributed by atoms with Crippen LogP contribution in [0.1, 0.15) is 271 Å². The number of esters is 1. The summed E-state index contributed by atoms with van der Waals surface area (Å²) in [5.41, 5.74) is 0. The summed E-state index contributed by atoms with van der Waals surface area (Å²) in [4.78, 5) is 26.5. The molecule has 0 saturated carbocycles. The molecule has 1 rings (SSSR count). The molecule has 1 fully saturated rings. The Balaban J connectivity index is 2.56. The van der Waals surface area contributed by atoms with Gasteiger partial charge in [0.15, 0.2) is 12.4 Å². The van der Waals surface area contributed by atoms with Gasteiger partial charge in [0, 0.05) is 6.42 Å². The standard InChI is InChI=1S/C64H115NO10/c1-4-7-10-13-16-19-22-23-24-25-26-27-28-29-30-31-32-33-34-35-37-40-43-46-49-52-59(69)75-62-61(71)60(70)58(53-66)74-64(62)73-54-55(56(67)50-47-44-41-39-36-20-17-14-11-8-5-2)65-63(72)57(68)51-48-45-42-38-21-18-15-12-9-6-3/h15-16,18-19,23-24,26-27,47,50,55-58,60-62,64,66-68,70-71H,4-14,17,20-22,25,28-46,48-49,51-54H2,1-3H3,(H,65,72)/b18-15-,19-16-,24-23-,27-26-,50-47+. The second-order valence-electron chi connectivity index (χ2n) is 21.4. The molecule has 8 atom stereocenters. The van der Waals surface area contributed by atoms with Crippen molar-refractivity contribution in [1.82, 2.24) is 5.32 Å². The molecule has 0 aromatic rings. The molecule has 0 bridgehead atoms. The Morgan fingerprint density at radius 2 is 0.933 bits per heavy atom.